The van der Waals surface area contributed by atoms with Gasteiger partial charge in [-0.1, -0.05) is 18.2 Å². The monoisotopic (exact) mass is 322 g/mol. The highest BCUT2D eigenvalue weighted by molar-refractivity contribution is 7.25. The molecule has 23 heavy (non-hydrogen) atoms. The predicted molar refractivity (Wildman–Crippen MR) is 101 cm³/mol. The van der Waals surface area contributed by atoms with Crippen LogP contribution in [-0.2, 0) is 0 Å². The summed E-state index contributed by atoms with van der Waals surface area (Å²) < 4.78 is 2.80. The first-order chi connectivity index (χ1) is 11.3. The molecule has 2 atom stereocenters. The van der Waals surface area contributed by atoms with E-state index >= 15 is 0 Å². The molecule has 2 unspecified atom stereocenters. The molecule has 2 fully saturated rings. The minimum atomic E-state index is 0.734. The van der Waals surface area contributed by atoms with Crippen molar-refractivity contribution >= 4 is 37.2 Å². The summed E-state index contributed by atoms with van der Waals surface area (Å²) in [5.74, 6) is 0. The van der Waals surface area contributed by atoms with Crippen LogP contribution in [0.5, 0.6) is 0 Å². The Balaban J connectivity index is 1.56. The lowest BCUT2D eigenvalue weighted by Gasteiger charge is -2.27. The zero-order valence-electron chi connectivity index (χ0n) is 13.5. The second-order valence-electron chi connectivity index (χ2n) is 7.06. The Morgan fingerprint density at radius 3 is 2.70 bits per heavy atom. The first-order valence-corrected chi connectivity index (χ1v) is 9.49. The maximum absolute atomic E-state index is 2.62. The van der Waals surface area contributed by atoms with Crippen molar-refractivity contribution in [3.05, 3.63) is 42.5 Å². The molecule has 0 radical (unpaired) electrons. The van der Waals surface area contributed by atoms with Crippen molar-refractivity contribution in [3.8, 4) is 0 Å². The Hall–Kier alpha value is -1.58. The Labute approximate surface area is 141 Å². The van der Waals surface area contributed by atoms with Crippen molar-refractivity contribution in [2.45, 2.75) is 31.3 Å². The van der Waals surface area contributed by atoms with E-state index in [4.69, 9.17) is 0 Å². The summed E-state index contributed by atoms with van der Waals surface area (Å²) in [4.78, 5) is 5.24. The number of benzene rings is 2. The number of nitrogens with zero attached hydrogens (tertiary/aromatic N) is 2. The number of likely N-dealkylation sites (N-methyl/N-ethyl adjacent to an activating group) is 1. The molecular formula is C20H22N2S. The van der Waals surface area contributed by atoms with E-state index in [-0.39, 0.29) is 0 Å². The van der Waals surface area contributed by atoms with Gasteiger partial charge in [0.25, 0.3) is 0 Å². The number of rotatable bonds is 1. The van der Waals surface area contributed by atoms with Crippen LogP contribution in [-0.4, -0.2) is 37.1 Å². The molecule has 2 aromatic carbocycles. The number of anilines is 1. The van der Waals surface area contributed by atoms with Crippen molar-refractivity contribution in [2.24, 2.45) is 0 Å². The standard InChI is InChI=1S/C20H22N2S/c1-21-14-6-7-16(21)13-22(11-10-14)15-8-9-20-18(12-15)17-4-2-3-5-19(17)23-20/h2-5,8-9,12,14,16H,6-7,10-11,13H2,1H3. The van der Waals surface area contributed by atoms with Crippen molar-refractivity contribution < 1.29 is 0 Å². The van der Waals surface area contributed by atoms with Gasteiger partial charge in [-0.2, -0.15) is 0 Å². The molecule has 118 valence electrons. The molecule has 1 aromatic heterocycles. The van der Waals surface area contributed by atoms with Gasteiger partial charge in [-0.15, -0.1) is 11.3 Å². The molecule has 0 aliphatic carbocycles. The third kappa shape index (κ3) is 2.18. The molecule has 2 nitrogen and oxygen atoms in total. The van der Waals surface area contributed by atoms with E-state index in [1.165, 1.54) is 58.2 Å². The van der Waals surface area contributed by atoms with Gasteiger partial charge in [0.2, 0.25) is 0 Å². The third-order valence-electron chi connectivity index (χ3n) is 5.87. The van der Waals surface area contributed by atoms with Gasteiger partial charge >= 0.3 is 0 Å². The van der Waals surface area contributed by atoms with Gasteiger partial charge in [-0.25, -0.2) is 0 Å². The van der Waals surface area contributed by atoms with Crippen molar-refractivity contribution in [1.82, 2.24) is 4.90 Å². The van der Waals surface area contributed by atoms with Crippen molar-refractivity contribution in [2.75, 3.05) is 25.0 Å². The average molecular weight is 322 g/mol. The first kappa shape index (κ1) is 13.8. The molecule has 2 aliphatic rings. The van der Waals surface area contributed by atoms with E-state index < -0.39 is 0 Å². The molecule has 3 heteroatoms. The molecule has 5 rings (SSSR count). The molecule has 2 bridgehead atoms. The molecule has 2 aliphatic heterocycles. The van der Waals surface area contributed by atoms with Crippen molar-refractivity contribution in [3.63, 3.8) is 0 Å². The highest BCUT2D eigenvalue weighted by atomic mass is 32.1. The smallest absolute Gasteiger partial charge is 0.0373 e. The van der Waals surface area contributed by atoms with Crippen molar-refractivity contribution in [1.29, 1.82) is 0 Å². The number of hydrogen-bond acceptors (Lipinski definition) is 3. The molecule has 3 aromatic rings. The number of hydrogen-bond donors (Lipinski definition) is 0. The zero-order valence-corrected chi connectivity index (χ0v) is 14.4. The topological polar surface area (TPSA) is 6.48 Å². The summed E-state index contributed by atoms with van der Waals surface area (Å²) in [5, 5.41) is 2.83. The van der Waals surface area contributed by atoms with Crippen LogP contribution in [0.2, 0.25) is 0 Å². The summed E-state index contributed by atoms with van der Waals surface area (Å²) >= 11 is 1.91. The Morgan fingerprint density at radius 2 is 1.74 bits per heavy atom. The van der Waals surface area contributed by atoms with E-state index in [1.54, 1.807) is 0 Å². The fourth-order valence-electron chi connectivity index (χ4n) is 4.45. The van der Waals surface area contributed by atoms with Gasteiger partial charge in [-0.3, -0.25) is 4.90 Å². The van der Waals surface area contributed by atoms with E-state index in [0.29, 0.717) is 0 Å². The van der Waals surface area contributed by atoms with Gasteiger partial charge < -0.3 is 4.90 Å². The molecule has 0 amide bonds. The lowest BCUT2D eigenvalue weighted by Crippen LogP contribution is -2.36. The average Bonchev–Trinajstić information content (AvgIpc) is 3.04. The molecule has 0 spiro atoms. The van der Waals surface area contributed by atoms with Crippen LogP contribution >= 0.6 is 11.3 Å². The summed E-state index contributed by atoms with van der Waals surface area (Å²) in [7, 11) is 2.32. The lowest BCUT2D eigenvalue weighted by atomic mass is 10.1. The maximum Gasteiger partial charge on any atom is 0.0373 e. The van der Waals surface area contributed by atoms with E-state index in [1.807, 2.05) is 11.3 Å². The molecule has 3 heterocycles. The molecule has 0 N–H and O–H groups in total. The van der Waals surface area contributed by atoms with Crippen LogP contribution in [0.4, 0.5) is 5.69 Å². The number of thiophene rings is 1. The largest absolute Gasteiger partial charge is 0.370 e. The van der Waals surface area contributed by atoms with E-state index in [0.717, 1.165) is 12.1 Å². The Bertz CT molecular complexity index is 868. The minimum absolute atomic E-state index is 0.734. The van der Waals surface area contributed by atoms with Crippen LogP contribution in [0.1, 0.15) is 19.3 Å². The molecular weight excluding hydrogens is 300 g/mol. The van der Waals surface area contributed by atoms with Gasteiger partial charge in [0, 0.05) is 51.0 Å². The second-order valence-corrected chi connectivity index (χ2v) is 8.15. The third-order valence-corrected chi connectivity index (χ3v) is 7.03. The van der Waals surface area contributed by atoms with Crippen LogP contribution < -0.4 is 4.90 Å². The van der Waals surface area contributed by atoms with Gasteiger partial charge in [-0.05, 0) is 50.6 Å². The fourth-order valence-corrected chi connectivity index (χ4v) is 5.54. The normalized spacial score (nSPS) is 25.3. The van der Waals surface area contributed by atoms with Gasteiger partial charge in [0.15, 0.2) is 0 Å². The summed E-state index contributed by atoms with van der Waals surface area (Å²) in [5.41, 5.74) is 1.40. The lowest BCUT2D eigenvalue weighted by molar-refractivity contribution is 0.254. The summed E-state index contributed by atoms with van der Waals surface area (Å²) in [6, 6.07) is 17.4. The first-order valence-electron chi connectivity index (χ1n) is 8.68. The van der Waals surface area contributed by atoms with Gasteiger partial charge in [0.1, 0.15) is 0 Å². The second kappa shape index (κ2) is 5.22. The summed E-state index contributed by atoms with van der Waals surface area (Å²) in [6.45, 7) is 2.37. The predicted octanol–water partition coefficient (Wildman–Crippen LogP) is 4.73. The highest BCUT2D eigenvalue weighted by Gasteiger charge is 2.34. The Kier molecular flexibility index (Phi) is 3.14. The van der Waals surface area contributed by atoms with Crippen LogP contribution in [0.15, 0.2) is 42.5 Å². The van der Waals surface area contributed by atoms with Crippen LogP contribution in [0.3, 0.4) is 0 Å². The highest BCUT2D eigenvalue weighted by Crippen LogP contribution is 2.37. The minimum Gasteiger partial charge on any atom is -0.370 e. The van der Waals surface area contributed by atoms with Crippen LogP contribution in [0.25, 0.3) is 20.2 Å². The summed E-state index contributed by atoms with van der Waals surface area (Å²) in [6.07, 6.45) is 4.06. The zero-order chi connectivity index (χ0) is 15.4. The Morgan fingerprint density at radius 1 is 0.913 bits per heavy atom. The van der Waals surface area contributed by atoms with E-state index in [9.17, 15) is 0 Å². The molecule has 2 saturated heterocycles. The van der Waals surface area contributed by atoms with Gasteiger partial charge in [0.05, 0.1) is 0 Å². The molecule has 0 saturated carbocycles. The van der Waals surface area contributed by atoms with E-state index in [2.05, 4.69) is 59.3 Å². The fraction of sp³-hybridized carbons (Fsp3) is 0.400. The SMILES string of the molecule is CN1C2CCC1CN(c1ccc3sc4ccccc4c3c1)CC2. The number of fused-ring (bicyclic) bond motifs is 5. The maximum atomic E-state index is 2.62. The van der Waals surface area contributed by atoms with Crippen LogP contribution in [0, 0.1) is 0 Å². The quantitative estimate of drug-likeness (QED) is 0.639.